The average Bonchev–Trinajstić information content (AvgIpc) is 2.34. The largest absolute Gasteiger partial charge is 1.00 e. The topological polar surface area (TPSA) is 38.8 Å². The van der Waals surface area contributed by atoms with Gasteiger partial charge in [-0.05, 0) is 17.6 Å². The van der Waals surface area contributed by atoms with Crippen LogP contribution in [0.5, 0.6) is 5.75 Å². The van der Waals surface area contributed by atoms with E-state index in [1.165, 1.54) is 6.20 Å². The van der Waals surface area contributed by atoms with Crippen LogP contribution >= 0.6 is 0 Å². The van der Waals surface area contributed by atoms with Crippen molar-refractivity contribution in [3.05, 3.63) is 30.5 Å². The molecule has 1 N–H and O–H groups in total. The van der Waals surface area contributed by atoms with Gasteiger partial charge in [0.25, 0.3) is 0 Å². The van der Waals surface area contributed by atoms with E-state index >= 15 is 0 Å². The second kappa shape index (κ2) is 3.73. The molecule has 0 aliphatic rings. The van der Waals surface area contributed by atoms with E-state index in [0.717, 1.165) is 10.9 Å². The summed E-state index contributed by atoms with van der Waals surface area (Å²) in [6.45, 7) is 0. The van der Waals surface area contributed by atoms with Gasteiger partial charge in [-0.25, -0.2) is 0 Å². The first-order valence-electron chi connectivity index (χ1n) is 3.11. The molecule has 0 amide bonds. The van der Waals surface area contributed by atoms with Crippen molar-refractivity contribution in [2.45, 2.75) is 0 Å². The van der Waals surface area contributed by atoms with Crippen LogP contribution in [0, 0.1) is 0 Å². The van der Waals surface area contributed by atoms with Crippen LogP contribution in [-0.4, -0.2) is 4.98 Å². The zero-order valence-electron chi connectivity index (χ0n) is 6.29. The Balaban J connectivity index is 0.000000605. The van der Waals surface area contributed by atoms with Crippen molar-refractivity contribution in [2.24, 2.45) is 0 Å². The predicted molar refractivity (Wildman–Crippen MR) is 37.7 cm³/mol. The number of aromatic amines is 1. The van der Waals surface area contributed by atoms with Gasteiger partial charge in [0.1, 0.15) is 0 Å². The summed E-state index contributed by atoms with van der Waals surface area (Å²) < 4.78 is 0. The Hall–Kier alpha value is 0.196. The first-order valence-corrected chi connectivity index (χ1v) is 3.11. The second-order valence-corrected chi connectivity index (χ2v) is 2.20. The quantitative estimate of drug-likeness (QED) is 0.469. The second-order valence-electron chi connectivity index (χ2n) is 2.20. The monoisotopic (exact) mass is 171 g/mol. The van der Waals surface area contributed by atoms with E-state index in [9.17, 15) is 5.11 Å². The van der Waals surface area contributed by atoms with E-state index in [2.05, 4.69) is 4.98 Å². The number of hydrogen-bond donors (Lipinski definition) is 1. The normalized spacial score (nSPS) is 9.45. The summed E-state index contributed by atoms with van der Waals surface area (Å²) >= 11 is 0. The first kappa shape index (κ1) is 9.29. The molecular weight excluding hydrogens is 165 g/mol. The SMILES string of the molecule is [K+].[O-]c1c[nH]c2ccccc12. The summed E-state index contributed by atoms with van der Waals surface area (Å²) in [5.74, 6) is 0.0654. The summed E-state index contributed by atoms with van der Waals surface area (Å²) in [7, 11) is 0. The van der Waals surface area contributed by atoms with Gasteiger partial charge in [-0.1, -0.05) is 23.9 Å². The molecule has 0 radical (unpaired) electrons. The maximum atomic E-state index is 10.9. The van der Waals surface area contributed by atoms with Gasteiger partial charge in [0, 0.05) is 5.52 Å². The van der Waals surface area contributed by atoms with E-state index in [0.29, 0.717) is 0 Å². The van der Waals surface area contributed by atoms with Crippen LogP contribution in [0.25, 0.3) is 10.9 Å². The first-order chi connectivity index (χ1) is 4.88. The fourth-order valence-corrected chi connectivity index (χ4v) is 1.04. The molecule has 0 atom stereocenters. The Morgan fingerprint density at radius 2 is 1.91 bits per heavy atom. The molecule has 0 aliphatic heterocycles. The van der Waals surface area contributed by atoms with Crippen LogP contribution in [0.4, 0.5) is 0 Å². The third kappa shape index (κ3) is 1.68. The Bertz CT molecular complexity index is 356. The molecule has 50 valence electrons. The third-order valence-corrected chi connectivity index (χ3v) is 1.55. The number of nitrogens with one attached hydrogen (secondary N) is 1. The van der Waals surface area contributed by atoms with Crippen LogP contribution < -0.4 is 56.5 Å². The van der Waals surface area contributed by atoms with Gasteiger partial charge in [-0.3, -0.25) is 0 Å². The van der Waals surface area contributed by atoms with Crippen LogP contribution in [-0.2, 0) is 0 Å². The molecule has 11 heavy (non-hydrogen) atoms. The molecule has 0 spiro atoms. The zero-order chi connectivity index (χ0) is 6.97. The van der Waals surface area contributed by atoms with Crippen molar-refractivity contribution in [2.75, 3.05) is 0 Å². The van der Waals surface area contributed by atoms with E-state index in [1.54, 1.807) is 0 Å². The third-order valence-electron chi connectivity index (χ3n) is 1.55. The molecule has 0 fully saturated rings. The minimum absolute atomic E-state index is 0. The number of aromatic nitrogens is 1. The number of H-pyrrole nitrogens is 1. The molecule has 1 heterocycles. The van der Waals surface area contributed by atoms with Crippen molar-refractivity contribution in [1.29, 1.82) is 0 Å². The summed E-state index contributed by atoms with van der Waals surface area (Å²) in [5.41, 5.74) is 0.910. The molecule has 3 heteroatoms. The molecule has 0 aliphatic carbocycles. The Morgan fingerprint density at radius 3 is 2.64 bits per heavy atom. The molecular formula is C8H6KNO. The van der Waals surface area contributed by atoms with Crippen LogP contribution in [0.2, 0.25) is 0 Å². The molecule has 0 saturated heterocycles. The van der Waals surface area contributed by atoms with E-state index in [1.807, 2.05) is 24.3 Å². The van der Waals surface area contributed by atoms with Crippen molar-refractivity contribution in [3.63, 3.8) is 0 Å². The van der Waals surface area contributed by atoms with Gasteiger partial charge in [0.15, 0.2) is 0 Å². The molecule has 1 aromatic carbocycles. The van der Waals surface area contributed by atoms with Crippen molar-refractivity contribution in [3.8, 4) is 5.75 Å². The van der Waals surface area contributed by atoms with Crippen LogP contribution in [0.15, 0.2) is 30.5 Å². The molecule has 2 aromatic rings. The van der Waals surface area contributed by atoms with Gasteiger partial charge in [0.05, 0.1) is 0 Å². The van der Waals surface area contributed by atoms with Crippen molar-refractivity contribution < 1.29 is 56.5 Å². The smallest absolute Gasteiger partial charge is 0.871 e. The molecule has 0 unspecified atom stereocenters. The van der Waals surface area contributed by atoms with Crippen LogP contribution in [0.3, 0.4) is 0 Å². The van der Waals surface area contributed by atoms with Gasteiger partial charge < -0.3 is 10.1 Å². The standard InChI is InChI=1S/C8H7NO.K/c10-8-5-9-7-4-2-1-3-6(7)8;/h1-5,9-10H;/q;+1/p-1. The van der Waals surface area contributed by atoms with E-state index in [4.69, 9.17) is 0 Å². The molecule has 0 bridgehead atoms. The van der Waals surface area contributed by atoms with Gasteiger partial charge in [-0.2, -0.15) is 0 Å². The molecule has 2 rings (SSSR count). The fourth-order valence-electron chi connectivity index (χ4n) is 1.04. The minimum Gasteiger partial charge on any atom is -0.871 e. The summed E-state index contributed by atoms with van der Waals surface area (Å²) in [6.07, 6.45) is 1.48. The average molecular weight is 171 g/mol. The molecule has 2 nitrogen and oxygen atoms in total. The summed E-state index contributed by atoms with van der Waals surface area (Å²) in [5, 5.41) is 11.7. The maximum Gasteiger partial charge on any atom is 1.00 e. The number of hydrogen-bond acceptors (Lipinski definition) is 1. The van der Waals surface area contributed by atoms with Crippen molar-refractivity contribution in [1.82, 2.24) is 4.98 Å². The number of rotatable bonds is 0. The predicted octanol–water partition coefficient (Wildman–Crippen LogP) is -1.75. The maximum absolute atomic E-state index is 10.9. The van der Waals surface area contributed by atoms with Crippen molar-refractivity contribution >= 4 is 10.9 Å². The van der Waals surface area contributed by atoms with Gasteiger partial charge in [0.2, 0.25) is 0 Å². The Morgan fingerprint density at radius 1 is 1.18 bits per heavy atom. The van der Waals surface area contributed by atoms with Gasteiger partial charge >= 0.3 is 51.4 Å². The minimum atomic E-state index is 0. The Labute approximate surface area is 107 Å². The Kier molecular flexibility index (Phi) is 3.15. The van der Waals surface area contributed by atoms with Gasteiger partial charge in [-0.15, -0.1) is 0 Å². The fraction of sp³-hybridized carbons (Fsp3) is 0. The van der Waals surface area contributed by atoms with E-state index < -0.39 is 0 Å². The molecule has 0 saturated carbocycles. The summed E-state index contributed by atoms with van der Waals surface area (Å²) in [6, 6.07) is 7.46. The van der Waals surface area contributed by atoms with E-state index in [-0.39, 0.29) is 57.1 Å². The number of fused-ring (bicyclic) bond motifs is 1. The number of benzene rings is 1. The number of para-hydroxylation sites is 1. The molecule has 1 aromatic heterocycles. The summed E-state index contributed by atoms with van der Waals surface area (Å²) in [4.78, 5) is 2.88. The van der Waals surface area contributed by atoms with Crippen LogP contribution in [0.1, 0.15) is 0 Å². The zero-order valence-corrected chi connectivity index (χ0v) is 9.42.